The lowest BCUT2D eigenvalue weighted by Crippen LogP contribution is -2.05. The number of aromatic nitrogens is 3. The fraction of sp³-hybridized carbons (Fsp3) is 0.188. The summed E-state index contributed by atoms with van der Waals surface area (Å²) >= 11 is 0. The number of rotatable bonds is 3. The average Bonchev–Trinajstić information content (AvgIpc) is 2.78. The van der Waals surface area contributed by atoms with E-state index in [1.807, 2.05) is 50.4 Å². The summed E-state index contributed by atoms with van der Waals surface area (Å²) in [4.78, 5) is 16.8. The van der Waals surface area contributed by atoms with E-state index in [-0.39, 0.29) is 5.78 Å². The number of para-hydroxylation sites is 1. The third-order valence-electron chi connectivity index (χ3n) is 3.31. The predicted octanol–water partition coefficient (Wildman–Crippen LogP) is 2.70. The lowest BCUT2D eigenvalue weighted by molar-refractivity contribution is 0.0991. The molecule has 0 saturated carbocycles. The summed E-state index contributed by atoms with van der Waals surface area (Å²) in [6.45, 7) is 1.85. The molecule has 0 N–H and O–H groups in total. The van der Waals surface area contributed by atoms with E-state index in [1.165, 1.54) is 0 Å². The smallest absolute Gasteiger partial charge is 0.172 e. The Kier molecular flexibility index (Phi) is 3.06. The standard InChI is InChI=1S/C16H15N3O/c1-11-14(10-19(2)18-11)16(20)9-13-8-7-12-5-3-4-6-15(12)17-13/h3-8,10H,9H2,1-2H3. The summed E-state index contributed by atoms with van der Waals surface area (Å²) in [5.74, 6) is 0.0541. The van der Waals surface area contributed by atoms with Gasteiger partial charge in [-0.25, -0.2) is 0 Å². The summed E-state index contributed by atoms with van der Waals surface area (Å²) in [5.41, 5.74) is 3.14. The van der Waals surface area contributed by atoms with Crippen molar-refractivity contribution in [3.8, 4) is 0 Å². The summed E-state index contributed by atoms with van der Waals surface area (Å²) in [5, 5.41) is 5.28. The summed E-state index contributed by atoms with van der Waals surface area (Å²) < 4.78 is 1.66. The Balaban J connectivity index is 1.89. The quantitative estimate of drug-likeness (QED) is 0.684. The van der Waals surface area contributed by atoms with E-state index in [1.54, 1.807) is 10.9 Å². The van der Waals surface area contributed by atoms with Crippen molar-refractivity contribution in [2.24, 2.45) is 7.05 Å². The second-order valence-corrected chi connectivity index (χ2v) is 4.90. The van der Waals surface area contributed by atoms with Crippen molar-refractivity contribution < 1.29 is 4.79 Å². The first-order valence-electron chi connectivity index (χ1n) is 6.51. The monoisotopic (exact) mass is 265 g/mol. The van der Waals surface area contributed by atoms with Crippen LogP contribution in [0.5, 0.6) is 0 Å². The maximum absolute atomic E-state index is 12.3. The molecule has 0 amide bonds. The highest BCUT2D eigenvalue weighted by molar-refractivity contribution is 5.98. The van der Waals surface area contributed by atoms with Crippen LogP contribution in [0.1, 0.15) is 21.7 Å². The van der Waals surface area contributed by atoms with Crippen molar-refractivity contribution in [1.29, 1.82) is 0 Å². The van der Waals surface area contributed by atoms with Crippen LogP contribution in [0.2, 0.25) is 0 Å². The van der Waals surface area contributed by atoms with E-state index in [0.717, 1.165) is 22.3 Å². The highest BCUT2D eigenvalue weighted by atomic mass is 16.1. The molecule has 0 radical (unpaired) electrons. The van der Waals surface area contributed by atoms with Gasteiger partial charge in [-0.2, -0.15) is 5.10 Å². The molecule has 2 aromatic heterocycles. The molecule has 0 aliphatic carbocycles. The van der Waals surface area contributed by atoms with Gasteiger partial charge in [-0.05, 0) is 19.1 Å². The molecule has 20 heavy (non-hydrogen) atoms. The minimum absolute atomic E-state index is 0.0541. The average molecular weight is 265 g/mol. The zero-order valence-corrected chi connectivity index (χ0v) is 11.5. The first-order valence-corrected chi connectivity index (χ1v) is 6.51. The van der Waals surface area contributed by atoms with Gasteiger partial charge in [-0.1, -0.05) is 24.3 Å². The number of carbonyl (C=O) groups excluding carboxylic acids is 1. The minimum atomic E-state index is 0.0541. The van der Waals surface area contributed by atoms with E-state index >= 15 is 0 Å². The van der Waals surface area contributed by atoms with Crippen LogP contribution < -0.4 is 0 Å². The van der Waals surface area contributed by atoms with Crippen LogP contribution in [-0.4, -0.2) is 20.5 Å². The SMILES string of the molecule is Cc1nn(C)cc1C(=O)Cc1ccc2ccccc2n1. The van der Waals surface area contributed by atoms with Crippen molar-refractivity contribution >= 4 is 16.7 Å². The van der Waals surface area contributed by atoms with Crippen LogP contribution >= 0.6 is 0 Å². The molecule has 4 heteroatoms. The second-order valence-electron chi connectivity index (χ2n) is 4.90. The van der Waals surface area contributed by atoms with Gasteiger partial charge in [0.15, 0.2) is 5.78 Å². The van der Waals surface area contributed by atoms with Crippen molar-refractivity contribution in [1.82, 2.24) is 14.8 Å². The molecule has 0 atom stereocenters. The number of ketones is 1. The Hall–Kier alpha value is -2.49. The Labute approximate surface area is 117 Å². The summed E-state index contributed by atoms with van der Waals surface area (Å²) in [6, 6.07) is 11.8. The van der Waals surface area contributed by atoms with Crippen LogP contribution in [0.3, 0.4) is 0 Å². The molecular formula is C16H15N3O. The molecule has 4 nitrogen and oxygen atoms in total. The van der Waals surface area contributed by atoms with E-state index in [0.29, 0.717) is 12.0 Å². The first-order chi connectivity index (χ1) is 9.63. The van der Waals surface area contributed by atoms with Crippen molar-refractivity contribution in [2.45, 2.75) is 13.3 Å². The number of benzene rings is 1. The molecule has 0 bridgehead atoms. The van der Waals surface area contributed by atoms with Crippen LogP contribution in [0, 0.1) is 6.92 Å². The van der Waals surface area contributed by atoms with E-state index in [4.69, 9.17) is 0 Å². The van der Waals surface area contributed by atoms with Crippen molar-refractivity contribution in [3.63, 3.8) is 0 Å². The van der Waals surface area contributed by atoms with Gasteiger partial charge in [0.2, 0.25) is 0 Å². The second kappa shape index (κ2) is 4.89. The Morgan fingerprint density at radius 1 is 1.20 bits per heavy atom. The highest BCUT2D eigenvalue weighted by Gasteiger charge is 2.13. The Morgan fingerprint density at radius 2 is 2.00 bits per heavy atom. The molecular weight excluding hydrogens is 250 g/mol. The normalized spacial score (nSPS) is 10.9. The molecule has 3 rings (SSSR count). The first kappa shape index (κ1) is 12.5. The lowest BCUT2D eigenvalue weighted by Gasteiger charge is -2.02. The Morgan fingerprint density at radius 3 is 2.75 bits per heavy atom. The van der Waals surface area contributed by atoms with Gasteiger partial charge in [0, 0.05) is 24.3 Å². The summed E-state index contributed by atoms with van der Waals surface area (Å²) in [6.07, 6.45) is 2.07. The highest BCUT2D eigenvalue weighted by Crippen LogP contribution is 2.14. The summed E-state index contributed by atoms with van der Waals surface area (Å²) in [7, 11) is 1.82. The van der Waals surface area contributed by atoms with Gasteiger partial charge in [0.25, 0.3) is 0 Å². The molecule has 2 heterocycles. The number of aryl methyl sites for hydroxylation is 2. The van der Waals surface area contributed by atoms with E-state index < -0.39 is 0 Å². The molecule has 3 aromatic rings. The predicted molar refractivity (Wildman–Crippen MR) is 77.7 cm³/mol. The van der Waals surface area contributed by atoms with Gasteiger partial charge >= 0.3 is 0 Å². The number of hydrogen-bond acceptors (Lipinski definition) is 3. The maximum Gasteiger partial charge on any atom is 0.172 e. The maximum atomic E-state index is 12.3. The van der Waals surface area contributed by atoms with Gasteiger partial charge in [-0.15, -0.1) is 0 Å². The number of fused-ring (bicyclic) bond motifs is 1. The van der Waals surface area contributed by atoms with Gasteiger partial charge in [0.1, 0.15) is 0 Å². The molecule has 0 unspecified atom stereocenters. The molecule has 100 valence electrons. The third kappa shape index (κ3) is 2.32. The van der Waals surface area contributed by atoms with Gasteiger partial charge in [-0.3, -0.25) is 14.5 Å². The number of nitrogens with zero attached hydrogens (tertiary/aromatic N) is 3. The van der Waals surface area contributed by atoms with Gasteiger partial charge < -0.3 is 0 Å². The topological polar surface area (TPSA) is 47.8 Å². The fourth-order valence-corrected chi connectivity index (χ4v) is 2.34. The zero-order valence-electron chi connectivity index (χ0n) is 11.5. The number of carbonyl (C=O) groups is 1. The fourth-order valence-electron chi connectivity index (χ4n) is 2.34. The van der Waals surface area contributed by atoms with E-state index in [2.05, 4.69) is 10.1 Å². The third-order valence-corrected chi connectivity index (χ3v) is 3.31. The van der Waals surface area contributed by atoms with Crippen molar-refractivity contribution in [3.05, 3.63) is 59.5 Å². The van der Waals surface area contributed by atoms with Crippen molar-refractivity contribution in [2.75, 3.05) is 0 Å². The number of hydrogen-bond donors (Lipinski definition) is 0. The molecule has 0 saturated heterocycles. The minimum Gasteiger partial charge on any atom is -0.294 e. The molecule has 0 spiro atoms. The van der Waals surface area contributed by atoms with Crippen LogP contribution in [0.15, 0.2) is 42.6 Å². The largest absolute Gasteiger partial charge is 0.294 e. The Bertz CT molecular complexity index is 789. The van der Waals surface area contributed by atoms with Crippen LogP contribution in [0.4, 0.5) is 0 Å². The van der Waals surface area contributed by atoms with Crippen LogP contribution in [-0.2, 0) is 13.5 Å². The number of pyridine rings is 1. The van der Waals surface area contributed by atoms with Crippen LogP contribution in [0.25, 0.3) is 10.9 Å². The molecule has 1 aromatic carbocycles. The lowest BCUT2D eigenvalue weighted by atomic mass is 10.1. The van der Waals surface area contributed by atoms with E-state index in [9.17, 15) is 4.79 Å². The molecule has 0 aliphatic rings. The van der Waals surface area contributed by atoms with Gasteiger partial charge in [0.05, 0.1) is 23.2 Å². The zero-order chi connectivity index (χ0) is 14.1. The molecule has 0 aliphatic heterocycles. The number of Topliss-reactive ketones (excluding diaryl/α,β-unsaturated/α-hetero) is 1. The molecule has 0 fully saturated rings.